The summed E-state index contributed by atoms with van der Waals surface area (Å²) in [4.78, 5) is 0. The Hall–Kier alpha value is 1.21. The van der Waals surface area contributed by atoms with E-state index >= 15 is 0 Å². The van der Waals surface area contributed by atoms with Gasteiger partial charge in [0.25, 0.3) is 0 Å². The maximum atomic E-state index is 2.25. The van der Waals surface area contributed by atoms with Crippen LogP contribution in [0.15, 0.2) is 0 Å². The Bertz CT molecular complexity index is 20.0. The predicted molar refractivity (Wildman–Crippen MR) is 24.3 cm³/mol. The molecule has 0 unspecified atom stereocenters. The van der Waals surface area contributed by atoms with Crippen molar-refractivity contribution in [2.75, 3.05) is 0 Å². The third-order valence-corrected chi connectivity index (χ3v) is 2.28. The van der Waals surface area contributed by atoms with Crippen molar-refractivity contribution in [1.29, 1.82) is 0 Å². The minimum Gasteiger partial charge on any atom is -1.00 e. The van der Waals surface area contributed by atoms with Crippen LogP contribution >= 0.6 is 0 Å². The second-order valence-electron chi connectivity index (χ2n) is 1.56. The third kappa shape index (κ3) is 11.0. The smallest absolute Gasteiger partial charge is 1.00 e. The number of rotatable bonds is 3. The third-order valence-electron chi connectivity index (χ3n) is 0.854. The first-order chi connectivity index (χ1) is 2.91. The van der Waals surface area contributed by atoms with Crippen molar-refractivity contribution in [3.63, 3.8) is 0 Å². The summed E-state index contributed by atoms with van der Waals surface area (Å²) >= 11 is 1.22. The molecule has 0 spiro atoms. The predicted octanol–water partition coefficient (Wildman–Crippen LogP) is -0.854. The van der Waals surface area contributed by atoms with Gasteiger partial charge in [0.15, 0.2) is 0 Å². The fourth-order valence-corrected chi connectivity index (χ4v) is 1.44. The first-order valence-electron chi connectivity index (χ1n) is 2.71. The monoisotopic (exact) mass is 220 g/mol. The molecular weight excluding hydrogens is 208 g/mol. The molecule has 0 bridgehead atoms. The van der Waals surface area contributed by atoms with Gasteiger partial charge in [-0.2, -0.15) is 0 Å². The van der Waals surface area contributed by atoms with Gasteiger partial charge < -0.3 is 12.4 Å². The first kappa shape index (κ1) is 11.1. The molecule has 0 aromatic rings. The van der Waals surface area contributed by atoms with E-state index in [0.717, 1.165) is 0 Å². The van der Waals surface area contributed by atoms with Crippen molar-refractivity contribution in [2.24, 2.45) is 0 Å². The van der Waals surface area contributed by atoms with Gasteiger partial charge in [-0.3, -0.25) is 0 Å². The summed E-state index contributed by atoms with van der Waals surface area (Å²) in [6.45, 7) is 2.25. The van der Waals surface area contributed by atoms with Gasteiger partial charge in [0.05, 0.1) is 0 Å². The van der Waals surface area contributed by atoms with E-state index in [-0.39, 0.29) is 12.4 Å². The van der Waals surface area contributed by atoms with E-state index in [2.05, 4.69) is 6.92 Å². The van der Waals surface area contributed by atoms with Gasteiger partial charge in [-0.1, -0.05) is 0 Å². The topological polar surface area (TPSA) is 0 Å². The Morgan fingerprint density at radius 1 is 1.29 bits per heavy atom. The van der Waals surface area contributed by atoms with Crippen LogP contribution in [0, 0.1) is 0 Å². The van der Waals surface area contributed by atoms with Crippen LogP contribution < -0.4 is 12.4 Å². The minimum absolute atomic E-state index is 0. The Morgan fingerprint density at radius 2 is 1.86 bits per heavy atom. The molecule has 0 fully saturated rings. The van der Waals surface area contributed by atoms with Crippen LogP contribution in [-0.2, 0) is 25.8 Å². The average Bonchev–Trinajstić information content (AvgIpc) is 1.61. The van der Waals surface area contributed by atoms with Crippen molar-refractivity contribution in [3.8, 4) is 0 Å². The summed E-state index contributed by atoms with van der Waals surface area (Å²) in [6, 6.07) is 0. The van der Waals surface area contributed by atoms with Crippen LogP contribution in [0.2, 0.25) is 3.98 Å². The van der Waals surface area contributed by atoms with Crippen molar-refractivity contribution in [2.45, 2.75) is 30.2 Å². The molecule has 40 valence electrons. The Labute approximate surface area is 68.2 Å². The number of hydrogen-bond acceptors (Lipinski definition) is 0. The van der Waals surface area contributed by atoms with Crippen LogP contribution in [0.1, 0.15) is 26.2 Å². The second kappa shape index (κ2) is 10.2. The summed E-state index contributed by atoms with van der Waals surface area (Å²) in [5.41, 5.74) is 0. The van der Waals surface area contributed by atoms with Crippen LogP contribution in [0.5, 0.6) is 0 Å². The summed E-state index contributed by atoms with van der Waals surface area (Å²) < 4.78 is 1.52. The van der Waals surface area contributed by atoms with E-state index in [9.17, 15) is 0 Å². The van der Waals surface area contributed by atoms with Crippen LogP contribution in [0.25, 0.3) is 0 Å². The van der Waals surface area contributed by atoms with E-state index in [1.54, 1.807) is 0 Å². The van der Waals surface area contributed by atoms with E-state index in [1.165, 1.54) is 49.0 Å². The molecule has 7 heavy (non-hydrogen) atoms. The molecule has 0 aliphatic carbocycles. The summed E-state index contributed by atoms with van der Waals surface area (Å²) in [5.74, 6) is 0. The molecule has 0 rings (SSSR count). The van der Waals surface area contributed by atoms with Gasteiger partial charge in [0, 0.05) is 0 Å². The molecule has 0 atom stereocenters. The van der Waals surface area contributed by atoms with Crippen molar-refractivity contribution in [3.05, 3.63) is 0 Å². The summed E-state index contributed by atoms with van der Waals surface area (Å²) in [6.07, 6.45) is 4.33. The molecule has 0 amide bonds. The molecule has 0 heterocycles. The average molecular weight is 219 g/mol. The fraction of sp³-hybridized carbons (Fsp3) is 1.00. The molecule has 0 N–H and O–H groups in total. The van der Waals surface area contributed by atoms with E-state index < -0.39 is 0 Å². The molecule has 0 aliphatic heterocycles. The van der Waals surface area contributed by atoms with Gasteiger partial charge >= 0.3 is 55.9 Å². The first-order valence-corrected chi connectivity index (χ1v) is 5.56. The molecule has 0 radical (unpaired) electrons. The zero-order valence-electron chi connectivity index (χ0n) is 4.91. The van der Waals surface area contributed by atoms with Gasteiger partial charge in [-0.25, -0.2) is 0 Å². The molecule has 0 aromatic heterocycles. The largest absolute Gasteiger partial charge is 1.00 e. The summed E-state index contributed by atoms with van der Waals surface area (Å²) in [7, 11) is 0. The SMILES string of the molecule is CCCC[CH2][Cd+].[Cl-]. The van der Waals surface area contributed by atoms with Crippen LogP contribution in [0.4, 0.5) is 0 Å². The zero-order valence-corrected chi connectivity index (χ0v) is 9.71. The Balaban J connectivity index is 0. The van der Waals surface area contributed by atoms with Crippen molar-refractivity contribution in [1.82, 2.24) is 0 Å². The van der Waals surface area contributed by atoms with Crippen molar-refractivity contribution < 1.29 is 38.2 Å². The molecule has 2 heteroatoms. The number of hydrogen-bond donors (Lipinski definition) is 0. The van der Waals surface area contributed by atoms with E-state index in [0.29, 0.717) is 0 Å². The standard InChI is InChI=1S/C5H11.Cd.ClH/c1-3-5-4-2;;/h1,3-5H2,2H3;;1H/q;+1;/p-1. The molecule has 0 aromatic carbocycles. The molecular formula is C5H11CdCl. The minimum atomic E-state index is 0. The van der Waals surface area contributed by atoms with E-state index in [4.69, 9.17) is 0 Å². The molecule has 0 saturated heterocycles. The van der Waals surface area contributed by atoms with Crippen molar-refractivity contribution >= 4 is 0 Å². The van der Waals surface area contributed by atoms with E-state index in [1.807, 2.05) is 0 Å². The second-order valence-corrected chi connectivity index (χ2v) is 3.58. The molecule has 0 saturated carbocycles. The normalized spacial score (nSPS) is 7.86. The van der Waals surface area contributed by atoms with Gasteiger partial charge in [-0.15, -0.1) is 0 Å². The summed E-state index contributed by atoms with van der Waals surface area (Å²) in [5, 5.41) is 0. The van der Waals surface area contributed by atoms with Gasteiger partial charge in [-0.05, 0) is 0 Å². The van der Waals surface area contributed by atoms with Gasteiger partial charge in [0.1, 0.15) is 0 Å². The molecule has 0 aliphatic rings. The maximum Gasteiger partial charge on any atom is -1.00 e. The molecule has 0 nitrogen and oxygen atoms in total. The zero-order chi connectivity index (χ0) is 4.83. The maximum absolute atomic E-state index is 2.25. The Morgan fingerprint density at radius 3 is 2.00 bits per heavy atom. The quantitative estimate of drug-likeness (QED) is 0.428. The van der Waals surface area contributed by atoms with Crippen LogP contribution in [-0.4, -0.2) is 0 Å². The van der Waals surface area contributed by atoms with Gasteiger partial charge in [0.2, 0.25) is 0 Å². The number of unbranched alkanes of at least 4 members (excludes halogenated alkanes) is 2. The fourth-order valence-electron chi connectivity index (χ4n) is 0.427. The Kier molecular flexibility index (Phi) is 16.2. The van der Waals surface area contributed by atoms with Crippen LogP contribution in [0.3, 0.4) is 0 Å². The number of halogens is 1.